The Morgan fingerprint density at radius 1 is 0.927 bits per heavy atom. The number of hydrogen-bond acceptors (Lipinski definition) is 4. The molecule has 0 aromatic heterocycles. The average molecular weight is 617 g/mol. The standard InChI is InChI=1S/C31H35Cl2N3O4S/c1-22-17-18-26(19-29(22)33)36(41(39,40)27-14-7-4-8-15-27)21-30(37)35(20-24-11-9-10-16-28(24)32)23(2)31(38)34-25-12-5-3-6-13-25/h4,7-11,14-19,23,25H,3,5-6,12-13,20-21H2,1-2H3,(H,34,38)/t23-/m0/s1. The van der Waals surface area contributed by atoms with Crippen LogP contribution in [0.4, 0.5) is 5.69 Å². The van der Waals surface area contributed by atoms with E-state index in [1.807, 2.05) is 6.92 Å². The van der Waals surface area contributed by atoms with Crippen LogP contribution in [-0.2, 0) is 26.2 Å². The third-order valence-corrected chi connectivity index (χ3v) is 10.0. The summed E-state index contributed by atoms with van der Waals surface area (Å²) in [5.41, 5.74) is 1.66. The summed E-state index contributed by atoms with van der Waals surface area (Å²) >= 11 is 12.8. The fraction of sp³-hybridized carbons (Fsp3) is 0.355. The van der Waals surface area contributed by atoms with Gasteiger partial charge in [0.2, 0.25) is 11.8 Å². The molecular formula is C31H35Cl2N3O4S. The van der Waals surface area contributed by atoms with Crippen molar-refractivity contribution >= 4 is 50.7 Å². The zero-order chi connectivity index (χ0) is 29.6. The number of aryl methyl sites for hydroxylation is 1. The minimum Gasteiger partial charge on any atom is -0.352 e. The molecule has 2 amide bonds. The lowest BCUT2D eigenvalue weighted by atomic mass is 9.95. The Balaban J connectivity index is 1.69. The van der Waals surface area contributed by atoms with Crippen LogP contribution in [0.25, 0.3) is 0 Å². The monoisotopic (exact) mass is 615 g/mol. The quantitative estimate of drug-likeness (QED) is 0.287. The highest BCUT2D eigenvalue weighted by molar-refractivity contribution is 7.92. The van der Waals surface area contributed by atoms with Gasteiger partial charge in [-0.05, 0) is 68.1 Å². The lowest BCUT2D eigenvalue weighted by molar-refractivity contribution is -0.139. The number of carbonyl (C=O) groups excluding carboxylic acids is 2. The lowest BCUT2D eigenvalue weighted by Gasteiger charge is -2.33. The number of nitrogens with zero attached hydrogens (tertiary/aromatic N) is 2. The first-order chi connectivity index (χ1) is 19.6. The molecule has 218 valence electrons. The van der Waals surface area contributed by atoms with Crippen LogP contribution in [0.2, 0.25) is 10.0 Å². The van der Waals surface area contributed by atoms with Gasteiger partial charge in [0.05, 0.1) is 10.6 Å². The molecule has 0 radical (unpaired) electrons. The van der Waals surface area contributed by atoms with Crippen LogP contribution in [0.5, 0.6) is 0 Å². The summed E-state index contributed by atoms with van der Waals surface area (Å²) in [5, 5.41) is 3.91. The first kappa shape index (κ1) is 30.9. The Bertz CT molecular complexity index is 1480. The summed E-state index contributed by atoms with van der Waals surface area (Å²) in [5.74, 6) is -0.833. The summed E-state index contributed by atoms with van der Waals surface area (Å²) < 4.78 is 28.8. The van der Waals surface area contributed by atoms with Gasteiger partial charge in [-0.3, -0.25) is 13.9 Å². The second kappa shape index (κ2) is 13.7. The first-order valence-electron chi connectivity index (χ1n) is 13.7. The number of halogens is 2. The third-order valence-electron chi connectivity index (χ3n) is 7.47. The minimum absolute atomic E-state index is 0.0326. The van der Waals surface area contributed by atoms with E-state index in [-0.39, 0.29) is 29.1 Å². The molecule has 1 aliphatic carbocycles. The number of anilines is 1. The molecule has 7 nitrogen and oxygen atoms in total. The lowest BCUT2D eigenvalue weighted by Crippen LogP contribution is -2.53. The van der Waals surface area contributed by atoms with Crippen LogP contribution in [0.15, 0.2) is 77.7 Å². The highest BCUT2D eigenvalue weighted by atomic mass is 35.5. The van der Waals surface area contributed by atoms with Crippen molar-refractivity contribution in [1.82, 2.24) is 10.2 Å². The fourth-order valence-corrected chi connectivity index (χ4v) is 6.74. The van der Waals surface area contributed by atoms with Crippen molar-refractivity contribution in [2.24, 2.45) is 0 Å². The normalized spacial score (nSPS) is 14.7. The molecule has 0 heterocycles. The van der Waals surface area contributed by atoms with E-state index in [0.717, 1.165) is 42.0 Å². The van der Waals surface area contributed by atoms with Crippen LogP contribution < -0.4 is 9.62 Å². The van der Waals surface area contributed by atoms with Crippen molar-refractivity contribution in [3.8, 4) is 0 Å². The summed E-state index contributed by atoms with van der Waals surface area (Å²) in [7, 11) is -4.16. The van der Waals surface area contributed by atoms with Gasteiger partial charge < -0.3 is 10.2 Å². The maximum Gasteiger partial charge on any atom is 0.264 e. The van der Waals surface area contributed by atoms with Gasteiger partial charge in [0, 0.05) is 22.6 Å². The van der Waals surface area contributed by atoms with E-state index in [4.69, 9.17) is 23.2 Å². The minimum atomic E-state index is -4.16. The second-order valence-corrected chi connectivity index (χ2v) is 13.1. The molecule has 0 saturated heterocycles. The molecule has 0 aliphatic heterocycles. The molecule has 1 saturated carbocycles. The van der Waals surface area contributed by atoms with Gasteiger partial charge in [-0.1, -0.05) is 84.9 Å². The summed E-state index contributed by atoms with van der Waals surface area (Å²) in [6.07, 6.45) is 5.04. The van der Waals surface area contributed by atoms with E-state index < -0.39 is 28.5 Å². The van der Waals surface area contributed by atoms with E-state index in [1.54, 1.807) is 61.5 Å². The number of nitrogens with one attached hydrogen (secondary N) is 1. The fourth-order valence-electron chi connectivity index (χ4n) is 4.95. The van der Waals surface area contributed by atoms with Crippen molar-refractivity contribution in [2.75, 3.05) is 10.8 Å². The smallest absolute Gasteiger partial charge is 0.264 e. The number of carbonyl (C=O) groups is 2. The zero-order valence-corrected chi connectivity index (χ0v) is 25.6. The Labute approximate surface area is 252 Å². The summed E-state index contributed by atoms with van der Waals surface area (Å²) in [6, 6.07) is 19.0. The van der Waals surface area contributed by atoms with E-state index >= 15 is 0 Å². The highest BCUT2D eigenvalue weighted by Gasteiger charge is 2.33. The summed E-state index contributed by atoms with van der Waals surface area (Å²) in [6.45, 7) is 2.96. The van der Waals surface area contributed by atoms with Gasteiger partial charge in [-0.2, -0.15) is 0 Å². The second-order valence-electron chi connectivity index (χ2n) is 10.4. The molecule has 1 N–H and O–H groups in total. The van der Waals surface area contributed by atoms with Crippen LogP contribution >= 0.6 is 23.2 Å². The molecular weight excluding hydrogens is 581 g/mol. The Morgan fingerprint density at radius 2 is 1.59 bits per heavy atom. The van der Waals surface area contributed by atoms with Crippen molar-refractivity contribution < 1.29 is 18.0 Å². The van der Waals surface area contributed by atoms with Crippen LogP contribution in [-0.4, -0.2) is 43.8 Å². The SMILES string of the molecule is Cc1ccc(N(CC(=O)N(Cc2ccccc2Cl)[C@@H](C)C(=O)NC2CCCCC2)S(=O)(=O)c2ccccc2)cc1Cl. The maximum absolute atomic E-state index is 14.1. The van der Waals surface area contributed by atoms with Crippen LogP contribution in [0.3, 0.4) is 0 Å². The largest absolute Gasteiger partial charge is 0.352 e. The Kier molecular flexibility index (Phi) is 10.3. The van der Waals surface area contributed by atoms with Crippen molar-refractivity contribution in [2.45, 2.75) is 69.5 Å². The number of benzene rings is 3. The number of rotatable bonds is 10. The number of hydrogen-bond donors (Lipinski definition) is 1. The topological polar surface area (TPSA) is 86.8 Å². The van der Waals surface area contributed by atoms with Crippen molar-refractivity contribution in [1.29, 1.82) is 0 Å². The van der Waals surface area contributed by atoms with Gasteiger partial charge >= 0.3 is 0 Å². The molecule has 0 unspecified atom stereocenters. The van der Waals surface area contributed by atoms with Crippen LogP contribution in [0, 0.1) is 6.92 Å². The molecule has 1 fully saturated rings. The number of sulfonamides is 1. The third kappa shape index (κ3) is 7.61. The van der Waals surface area contributed by atoms with E-state index in [9.17, 15) is 18.0 Å². The van der Waals surface area contributed by atoms with E-state index in [2.05, 4.69) is 5.32 Å². The van der Waals surface area contributed by atoms with Crippen molar-refractivity contribution in [3.63, 3.8) is 0 Å². The van der Waals surface area contributed by atoms with Crippen LogP contribution in [0.1, 0.15) is 50.2 Å². The maximum atomic E-state index is 14.1. The first-order valence-corrected chi connectivity index (χ1v) is 15.9. The molecule has 0 spiro atoms. The molecule has 41 heavy (non-hydrogen) atoms. The van der Waals surface area contributed by atoms with Gasteiger partial charge in [0.1, 0.15) is 12.6 Å². The average Bonchev–Trinajstić information content (AvgIpc) is 2.97. The molecule has 3 aromatic carbocycles. The molecule has 4 rings (SSSR count). The molecule has 1 atom stereocenters. The van der Waals surface area contributed by atoms with Gasteiger partial charge in [0.15, 0.2) is 0 Å². The van der Waals surface area contributed by atoms with Gasteiger partial charge in [0.25, 0.3) is 10.0 Å². The van der Waals surface area contributed by atoms with Gasteiger partial charge in [-0.15, -0.1) is 0 Å². The zero-order valence-electron chi connectivity index (χ0n) is 23.2. The highest BCUT2D eigenvalue weighted by Crippen LogP contribution is 2.29. The molecule has 0 bridgehead atoms. The van der Waals surface area contributed by atoms with Crippen molar-refractivity contribution in [3.05, 3.63) is 94.0 Å². The summed E-state index contributed by atoms with van der Waals surface area (Å²) in [4.78, 5) is 28.9. The number of amides is 2. The molecule has 10 heteroatoms. The van der Waals surface area contributed by atoms with Gasteiger partial charge in [-0.25, -0.2) is 8.42 Å². The van der Waals surface area contributed by atoms with E-state index in [0.29, 0.717) is 15.6 Å². The molecule has 3 aromatic rings. The Morgan fingerprint density at radius 3 is 2.24 bits per heavy atom. The van der Waals surface area contributed by atoms with E-state index in [1.165, 1.54) is 23.1 Å². The predicted molar refractivity (Wildman–Crippen MR) is 164 cm³/mol. The predicted octanol–water partition coefficient (Wildman–Crippen LogP) is 6.36. The Hall–Kier alpha value is -3.07. The molecule has 1 aliphatic rings.